The van der Waals surface area contributed by atoms with Gasteiger partial charge in [-0.05, 0) is 56.1 Å². The fourth-order valence-electron chi connectivity index (χ4n) is 3.58. The van der Waals surface area contributed by atoms with Gasteiger partial charge in [-0.15, -0.1) is 0 Å². The van der Waals surface area contributed by atoms with E-state index in [-0.39, 0.29) is 0 Å². The molecular weight excluding hydrogens is 298 g/mol. The van der Waals surface area contributed by atoms with Crippen LogP contribution in [0.25, 0.3) is 22.4 Å². The normalized spacial score (nSPS) is 18.0. The van der Waals surface area contributed by atoms with E-state index in [2.05, 4.69) is 46.3 Å². The van der Waals surface area contributed by atoms with Crippen LogP contribution in [0.2, 0.25) is 0 Å². The molecule has 1 saturated heterocycles. The fourth-order valence-corrected chi connectivity index (χ4v) is 3.58. The van der Waals surface area contributed by atoms with E-state index < -0.39 is 0 Å². The van der Waals surface area contributed by atoms with Crippen molar-refractivity contribution in [1.82, 2.24) is 14.9 Å². The molecule has 0 aliphatic carbocycles. The summed E-state index contributed by atoms with van der Waals surface area (Å²) in [5, 5.41) is 3.52. The molecule has 1 aromatic heterocycles. The van der Waals surface area contributed by atoms with Crippen LogP contribution >= 0.6 is 0 Å². The maximum absolute atomic E-state index is 5.39. The van der Waals surface area contributed by atoms with E-state index >= 15 is 0 Å². The number of imidazole rings is 1. The summed E-state index contributed by atoms with van der Waals surface area (Å²) < 4.78 is 7.77. The van der Waals surface area contributed by atoms with E-state index in [0.29, 0.717) is 5.92 Å². The number of methoxy groups -OCH3 is 1. The summed E-state index contributed by atoms with van der Waals surface area (Å²) in [6.07, 6.45) is 2.53. The molecule has 1 aliphatic heterocycles. The number of rotatable bonds is 4. The predicted octanol–water partition coefficient (Wildman–Crippen LogP) is 3.71. The van der Waals surface area contributed by atoms with Crippen molar-refractivity contribution in [3.8, 4) is 17.1 Å². The monoisotopic (exact) mass is 321 g/mol. The standard InChI is InChI=1S/C20H23N3O/c1-24-17-8-4-7-16(12-17)20-22-18-9-2-3-10-19(18)23(20)14-15-6-5-11-21-13-15/h2-4,7-10,12,15,21H,5-6,11,13-14H2,1H3. The molecule has 24 heavy (non-hydrogen) atoms. The molecule has 1 atom stereocenters. The van der Waals surface area contributed by atoms with Gasteiger partial charge in [0.25, 0.3) is 0 Å². The number of para-hydroxylation sites is 2. The number of piperidine rings is 1. The summed E-state index contributed by atoms with van der Waals surface area (Å²) in [6.45, 7) is 3.23. The topological polar surface area (TPSA) is 39.1 Å². The summed E-state index contributed by atoms with van der Waals surface area (Å²) in [4.78, 5) is 4.91. The summed E-state index contributed by atoms with van der Waals surface area (Å²) in [6, 6.07) is 16.6. The summed E-state index contributed by atoms with van der Waals surface area (Å²) >= 11 is 0. The van der Waals surface area contributed by atoms with Gasteiger partial charge in [0.15, 0.2) is 0 Å². The smallest absolute Gasteiger partial charge is 0.141 e. The third kappa shape index (κ3) is 2.89. The summed E-state index contributed by atoms with van der Waals surface area (Å²) in [5.74, 6) is 2.55. The highest BCUT2D eigenvalue weighted by atomic mass is 16.5. The number of nitrogens with zero attached hydrogens (tertiary/aromatic N) is 2. The molecule has 0 radical (unpaired) electrons. The van der Waals surface area contributed by atoms with Crippen molar-refractivity contribution >= 4 is 11.0 Å². The Balaban J connectivity index is 1.79. The van der Waals surface area contributed by atoms with Crippen LogP contribution in [0.5, 0.6) is 5.75 Å². The number of aromatic nitrogens is 2. The van der Waals surface area contributed by atoms with Crippen LogP contribution in [0.15, 0.2) is 48.5 Å². The van der Waals surface area contributed by atoms with Crippen LogP contribution in [0, 0.1) is 5.92 Å². The van der Waals surface area contributed by atoms with Gasteiger partial charge in [0.1, 0.15) is 11.6 Å². The number of ether oxygens (including phenoxy) is 1. The van der Waals surface area contributed by atoms with Gasteiger partial charge in [0.05, 0.1) is 18.1 Å². The zero-order valence-corrected chi connectivity index (χ0v) is 14.0. The number of fused-ring (bicyclic) bond motifs is 1. The Morgan fingerprint density at radius 1 is 1.21 bits per heavy atom. The molecule has 4 nitrogen and oxygen atoms in total. The molecule has 2 heterocycles. The highest BCUT2D eigenvalue weighted by Crippen LogP contribution is 2.29. The van der Waals surface area contributed by atoms with Gasteiger partial charge in [-0.2, -0.15) is 0 Å². The lowest BCUT2D eigenvalue weighted by atomic mass is 9.99. The van der Waals surface area contributed by atoms with Gasteiger partial charge in [-0.25, -0.2) is 4.98 Å². The van der Waals surface area contributed by atoms with Crippen molar-refractivity contribution < 1.29 is 4.74 Å². The second-order valence-electron chi connectivity index (χ2n) is 6.48. The van der Waals surface area contributed by atoms with Crippen LogP contribution < -0.4 is 10.1 Å². The number of nitrogens with one attached hydrogen (secondary N) is 1. The predicted molar refractivity (Wildman–Crippen MR) is 97.3 cm³/mol. The van der Waals surface area contributed by atoms with E-state index in [1.165, 1.54) is 18.4 Å². The van der Waals surface area contributed by atoms with E-state index in [1.807, 2.05) is 12.1 Å². The van der Waals surface area contributed by atoms with Crippen molar-refractivity contribution in [2.45, 2.75) is 19.4 Å². The number of hydrogen-bond donors (Lipinski definition) is 1. The maximum Gasteiger partial charge on any atom is 0.141 e. The first-order valence-electron chi connectivity index (χ1n) is 8.65. The van der Waals surface area contributed by atoms with Crippen LogP contribution in [0.3, 0.4) is 0 Å². The minimum absolute atomic E-state index is 0.653. The molecule has 0 bridgehead atoms. The average Bonchev–Trinajstić information content (AvgIpc) is 3.01. The molecule has 1 aliphatic rings. The van der Waals surface area contributed by atoms with Gasteiger partial charge in [0.2, 0.25) is 0 Å². The molecular formula is C20H23N3O. The quantitative estimate of drug-likeness (QED) is 0.796. The highest BCUT2D eigenvalue weighted by molar-refractivity contribution is 5.80. The molecule has 1 fully saturated rings. The molecule has 4 rings (SSSR count). The van der Waals surface area contributed by atoms with Crippen LogP contribution in [-0.2, 0) is 6.54 Å². The molecule has 0 spiro atoms. The molecule has 0 amide bonds. The van der Waals surface area contributed by atoms with Gasteiger partial charge in [-0.1, -0.05) is 24.3 Å². The van der Waals surface area contributed by atoms with E-state index in [0.717, 1.165) is 42.3 Å². The third-order valence-electron chi connectivity index (χ3n) is 4.82. The maximum atomic E-state index is 5.39. The Labute approximate surface area is 142 Å². The van der Waals surface area contributed by atoms with Crippen molar-refractivity contribution in [2.75, 3.05) is 20.2 Å². The molecule has 1 N–H and O–H groups in total. The van der Waals surface area contributed by atoms with Crippen molar-refractivity contribution in [3.63, 3.8) is 0 Å². The lowest BCUT2D eigenvalue weighted by Crippen LogP contribution is -2.32. The average molecular weight is 321 g/mol. The highest BCUT2D eigenvalue weighted by Gasteiger charge is 2.18. The van der Waals surface area contributed by atoms with Crippen molar-refractivity contribution in [1.29, 1.82) is 0 Å². The molecule has 0 saturated carbocycles. The fraction of sp³-hybridized carbons (Fsp3) is 0.350. The third-order valence-corrected chi connectivity index (χ3v) is 4.82. The Bertz CT molecular complexity index is 834. The Kier molecular flexibility index (Phi) is 4.22. The zero-order valence-electron chi connectivity index (χ0n) is 14.0. The molecule has 2 aromatic carbocycles. The van der Waals surface area contributed by atoms with Crippen LogP contribution in [-0.4, -0.2) is 29.8 Å². The van der Waals surface area contributed by atoms with Gasteiger partial charge in [-0.3, -0.25) is 0 Å². The Morgan fingerprint density at radius 2 is 2.12 bits per heavy atom. The minimum Gasteiger partial charge on any atom is -0.497 e. The first-order chi connectivity index (χ1) is 11.8. The van der Waals surface area contributed by atoms with Crippen LogP contribution in [0.4, 0.5) is 0 Å². The van der Waals surface area contributed by atoms with Gasteiger partial charge in [0, 0.05) is 12.1 Å². The van der Waals surface area contributed by atoms with Crippen molar-refractivity contribution in [3.05, 3.63) is 48.5 Å². The second-order valence-corrected chi connectivity index (χ2v) is 6.48. The molecule has 3 aromatic rings. The zero-order chi connectivity index (χ0) is 16.4. The van der Waals surface area contributed by atoms with E-state index in [1.54, 1.807) is 7.11 Å². The van der Waals surface area contributed by atoms with E-state index in [9.17, 15) is 0 Å². The minimum atomic E-state index is 0.653. The molecule has 124 valence electrons. The largest absolute Gasteiger partial charge is 0.497 e. The second kappa shape index (κ2) is 6.65. The molecule has 4 heteroatoms. The lowest BCUT2D eigenvalue weighted by Gasteiger charge is -2.24. The Morgan fingerprint density at radius 3 is 2.96 bits per heavy atom. The summed E-state index contributed by atoms with van der Waals surface area (Å²) in [7, 11) is 1.70. The SMILES string of the molecule is COc1cccc(-c2nc3ccccc3n2CC2CCCNC2)c1. The van der Waals surface area contributed by atoms with Crippen LogP contribution in [0.1, 0.15) is 12.8 Å². The van der Waals surface area contributed by atoms with E-state index in [4.69, 9.17) is 9.72 Å². The van der Waals surface area contributed by atoms with Gasteiger partial charge >= 0.3 is 0 Å². The Hall–Kier alpha value is -2.33. The van der Waals surface area contributed by atoms with Crippen molar-refractivity contribution in [2.24, 2.45) is 5.92 Å². The lowest BCUT2D eigenvalue weighted by molar-refractivity contribution is 0.341. The summed E-state index contributed by atoms with van der Waals surface area (Å²) in [5.41, 5.74) is 3.37. The number of hydrogen-bond acceptors (Lipinski definition) is 3. The van der Waals surface area contributed by atoms with Gasteiger partial charge < -0.3 is 14.6 Å². The molecule has 1 unspecified atom stereocenters. The number of benzene rings is 2. The first-order valence-corrected chi connectivity index (χ1v) is 8.65. The first kappa shape index (κ1) is 15.2.